The molecule has 0 radical (unpaired) electrons. The SMILES string of the molecule is Cc1ccc(C(=O)CSc2nnc(C)n2-c2ccc(OCc3ccccc3)cc2)cc1. The van der Waals surface area contributed by atoms with Crippen LogP contribution in [-0.4, -0.2) is 26.3 Å². The first-order chi connectivity index (χ1) is 15.1. The second-order valence-corrected chi connectivity index (χ2v) is 8.15. The molecule has 6 heteroatoms. The Morgan fingerprint density at radius 3 is 2.32 bits per heavy atom. The van der Waals surface area contributed by atoms with Gasteiger partial charge in [-0.25, -0.2) is 0 Å². The summed E-state index contributed by atoms with van der Waals surface area (Å²) in [7, 11) is 0. The minimum atomic E-state index is 0.0712. The number of ether oxygens (including phenoxy) is 1. The number of carbonyl (C=O) groups is 1. The van der Waals surface area contributed by atoms with Gasteiger partial charge in [-0.2, -0.15) is 0 Å². The number of rotatable bonds is 8. The van der Waals surface area contributed by atoms with Gasteiger partial charge >= 0.3 is 0 Å². The summed E-state index contributed by atoms with van der Waals surface area (Å²) in [5.74, 6) is 1.94. The van der Waals surface area contributed by atoms with E-state index < -0.39 is 0 Å². The standard InChI is InChI=1S/C25H23N3O2S/c1-18-8-10-21(11-9-18)24(29)17-31-25-27-26-19(2)28(25)22-12-14-23(15-13-22)30-16-20-6-4-3-5-7-20/h3-15H,16-17H2,1-2H3. The van der Waals surface area contributed by atoms with Gasteiger partial charge in [-0.3, -0.25) is 9.36 Å². The molecule has 1 aromatic heterocycles. The maximum Gasteiger partial charge on any atom is 0.196 e. The molecule has 0 aliphatic rings. The van der Waals surface area contributed by atoms with Crippen LogP contribution in [0.15, 0.2) is 84.0 Å². The van der Waals surface area contributed by atoms with Crippen LogP contribution in [0.25, 0.3) is 5.69 Å². The Morgan fingerprint density at radius 2 is 1.61 bits per heavy atom. The monoisotopic (exact) mass is 429 g/mol. The number of aryl methyl sites for hydroxylation is 2. The van der Waals surface area contributed by atoms with Gasteiger partial charge in [0.05, 0.1) is 5.75 Å². The Morgan fingerprint density at radius 1 is 0.903 bits per heavy atom. The number of Topliss-reactive ketones (excluding diaryl/α,β-unsaturated/α-hetero) is 1. The Bertz CT molecular complexity index is 1150. The van der Waals surface area contributed by atoms with E-state index in [9.17, 15) is 4.79 Å². The summed E-state index contributed by atoms with van der Waals surface area (Å²) in [6, 6.07) is 25.5. The quantitative estimate of drug-likeness (QED) is 0.276. The maximum atomic E-state index is 12.5. The van der Waals surface area contributed by atoms with Gasteiger partial charge in [-0.15, -0.1) is 10.2 Å². The summed E-state index contributed by atoms with van der Waals surface area (Å²) in [6.45, 7) is 4.43. The predicted molar refractivity (Wildman–Crippen MR) is 123 cm³/mol. The molecule has 0 saturated heterocycles. The van der Waals surface area contributed by atoms with Gasteiger partial charge in [-0.05, 0) is 43.7 Å². The summed E-state index contributed by atoms with van der Waals surface area (Å²) >= 11 is 1.39. The number of hydrogen-bond acceptors (Lipinski definition) is 5. The largest absolute Gasteiger partial charge is 0.489 e. The normalized spacial score (nSPS) is 10.8. The molecule has 156 valence electrons. The highest BCUT2D eigenvalue weighted by Crippen LogP contribution is 2.24. The second-order valence-electron chi connectivity index (χ2n) is 7.21. The molecule has 4 aromatic rings. The highest BCUT2D eigenvalue weighted by Gasteiger charge is 2.14. The van der Waals surface area contributed by atoms with Crippen molar-refractivity contribution in [2.24, 2.45) is 0 Å². The first-order valence-corrected chi connectivity index (χ1v) is 11.0. The van der Waals surface area contributed by atoms with Crippen molar-refractivity contribution in [2.75, 3.05) is 5.75 Å². The van der Waals surface area contributed by atoms with Crippen molar-refractivity contribution < 1.29 is 9.53 Å². The minimum absolute atomic E-state index is 0.0712. The summed E-state index contributed by atoms with van der Waals surface area (Å²) < 4.78 is 7.82. The molecule has 0 unspecified atom stereocenters. The van der Waals surface area contributed by atoms with Crippen molar-refractivity contribution in [2.45, 2.75) is 25.6 Å². The van der Waals surface area contributed by atoms with Gasteiger partial charge < -0.3 is 4.74 Å². The van der Waals surface area contributed by atoms with Crippen molar-refractivity contribution >= 4 is 17.5 Å². The molecule has 0 bridgehead atoms. The topological polar surface area (TPSA) is 57.0 Å². The summed E-state index contributed by atoms with van der Waals surface area (Å²) in [5, 5.41) is 9.16. The number of benzene rings is 3. The molecule has 0 amide bonds. The average molecular weight is 430 g/mol. The van der Waals surface area contributed by atoms with Gasteiger partial charge in [0.25, 0.3) is 0 Å². The van der Waals surface area contributed by atoms with E-state index in [0.717, 1.165) is 28.4 Å². The van der Waals surface area contributed by atoms with E-state index in [-0.39, 0.29) is 5.78 Å². The number of carbonyl (C=O) groups excluding carboxylic acids is 1. The van der Waals surface area contributed by atoms with Crippen molar-refractivity contribution in [1.29, 1.82) is 0 Å². The fourth-order valence-electron chi connectivity index (χ4n) is 3.12. The van der Waals surface area contributed by atoms with E-state index >= 15 is 0 Å². The summed E-state index contributed by atoms with van der Waals surface area (Å²) in [5.41, 5.74) is 3.90. The molecule has 0 saturated carbocycles. The van der Waals surface area contributed by atoms with Crippen LogP contribution in [0.1, 0.15) is 27.3 Å². The number of nitrogens with zero attached hydrogens (tertiary/aromatic N) is 3. The molecule has 4 rings (SSSR count). The van der Waals surface area contributed by atoms with Crippen molar-refractivity contribution in [1.82, 2.24) is 14.8 Å². The zero-order valence-electron chi connectivity index (χ0n) is 17.5. The lowest BCUT2D eigenvalue weighted by Gasteiger charge is -2.10. The Balaban J connectivity index is 1.43. The Hall–Kier alpha value is -3.38. The van der Waals surface area contributed by atoms with E-state index in [0.29, 0.717) is 23.1 Å². The number of hydrogen-bond donors (Lipinski definition) is 0. The number of thioether (sulfide) groups is 1. The lowest BCUT2D eigenvalue weighted by atomic mass is 10.1. The highest BCUT2D eigenvalue weighted by atomic mass is 32.2. The van der Waals surface area contributed by atoms with Gasteiger partial charge in [0.2, 0.25) is 0 Å². The molecule has 0 N–H and O–H groups in total. The van der Waals surface area contributed by atoms with Crippen molar-refractivity contribution in [3.8, 4) is 11.4 Å². The van der Waals surface area contributed by atoms with Crippen LogP contribution in [-0.2, 0) is 6.61 Å². The van der Waals surface area contributed by atoms with E-state index in [2.05, 4.69) is 10.2 Å². The van der Waals surface area contributed by atoms with Crippen LogP contribution in [0, 0.1) is 13.8 Å². The van der Waals surface area contributed by atoms with Gasteiger partial charge in [0, 0.05) is 11.3 Å². The molecule has 3 aromatic carbocycles. The van der Waals surface area contributed by atoms with E-state index in [1.165, 1.54) is 11.8 Å². The van der Waals surface area contributed by atoms with Gasteiger partial charge in [0.1, 0.15) is 18.2 Å². The predicted octanol–water partition coefficient (Wildman–Crippen LogP) is 5.44. The summed E-state index contributed by atoms with van der Waals surface area (Å²) in [6.07, 6.45) is 0. The molecule has 5 nitrogen and oxygen atoms in total. The highest BCUT2D eigenvalue weighted by molar-refractivity contribution is 7.99. The third kappa shape index (κ3) is 5.22. The lowest BCUT2D eigenvalue weighted by Crippen LogP contribution is -2.05. The fourth-order valence-corrected chi connectivity index (χ4v) is 4.01. The molecule has 0 atom stereocenters. The van der Waals surface area contributed by atoms with Crippen LogP contribution < -0.4 is 4.74 Å². The lowest BCUT2D eigenvalue weighted by molar-refractivity contribution is 0.102. The van der Waals surface area contributed by atoms with E-state index in [1.807, 2.05) is 97.3 Å². The van der Waals surface area contributed by atoms with Crippen LogP contribution in [0.2, 0.25) is 0 Å². The van der Waals surface area contributed by atoms with Crippen LogP contribution >= 0.6 is 11.8 Å². The summed E-state index contributed by atoms with van der Waals surface area (Å²) in [4.78, 5) is 12.5. The molecule has 31 heavy (non-hydrogen) atoms. The van der Waals surface area contributed by atoms with Crippen molar-refractivity contribution in [3.05, 3.63) is 101 Å². The zero-order valence-corrected chi connectivity index (χ0v) is 18.3. The Kier molecular flexibility index (Phi) is 6.48. The molecule has 0 fully saturated rings. The molecule has 0 aliphatic carbocycles. The van der Waals surface area contributed by atoms with Crippen LogP contribution in [0.5, 0.6) is 5.75 Å². The van der Waals surface area contributed by atoms with E-state index in [4.69, 9.17) is 4.74 Å². The third-order valence-corrected chi connectivity index (χ3v) is 5.77. The number of aromatic nitrogens is 3. The van der Waals surface area contributed by atoms with Crippen molar-refractivity contribution in [3.63, 3.8) is 0 Å². The molecule has 1 heterocycles. The zero-order chi connectivity index (χ0) is 21.6. The fraction of sp³-hybridized carbons (Fsp3) is 0.160. The molecular formula is C25H23N3O2S. The first kappa shape index (κ1) is 20.9. The smallest absolute Gasteiger partial charge is 0.196 e. The average Bonchev–Trinajstić information content (AvgIpc) is 3.18. The van der Waals surface area contributed by atoms with Gasteiger partial charge in [-0.1, -0.05) is 71.9 Å². The second kappa shape index (κ2) is 9.62. The third-order valence-electron chi connectivity index (χ3n) is 4.84. The molecular weight excluding hydrogens is 406 g/mol. The number of ketones is 1. The Labute approximate surface area is 186 Å². The molecule has 0 aliphatic heterocycles. The maximum absolute atomic E-state index is 12.5. The minimum Gasteiger partial charge on any atom is -0.489 e. The van der Waals surface area contributed by atoms with Gasteiger partial charge in [0.15, 0.2) is 10.9 Å². The molecule has 0 spiro atoms. The first-order valence-electron chi connectivity index (χ1n) is 10.0. The van der Waals surface area contributed by atoms with E-state index in [1.54, 1.807) is 0 Å². The van der Waals surface area contributed by atoms with Crippen LogP contribution in [0.4, 0.5) is 0 Å². The van der Waals surface area contributed by atoms with Crippen LogP contribution in [0.3, 0.4) is 0 Å².